The monoisotopic (exact) mass is 365 g/mol. The third-order valence-corrected chi connectivity index (χ3v) is 7.01. The first-order valence-electron chi connectivity index (χ1n) is 8.50. The third-order valence-electron chi connectivity index (χ3n) is 5.13. The minimum Gasteiger partial charge on any atom is -0.508 e. The number of phenols is 1. The molecule has 7 heteroatoms. The average Bonchev–Trinajstić information content (AvgIpc) is 2.61. The third kappa shape index (κ3) is 3.06. The molecule has 0 saturated carbocycles. The molecule has 1 saturated heterocycles. The Morgan fingerprint density at radius 2 is 1.84 bits per heavy atom. The summed E-state index contributed by atoms with van der Waals surface area (Å²) < 4.78 is 31.6. The molecule has 0 radical (unpaired) electrons. The lowest BCUT2D eigenvalue weighted by molar-refractivity contribution is 0.296. The Labute approximate surface area is 147 Å². The lowest BCUT2D eigenvalue weighted by atomic mass is 9.92. The van der Waals surface area contributed by atoms with Crippen LogP contribution < -0.4 is 5.43 Å². The van der Waals surface area contributed by atoms with E-state index in [1.165, 1.54) is 10.4 Å². The van der Waals surface area contributed by atoms with Crippen LogP contribution in [0.1, 0.15) is 42.6 Å². The van der Waals surface area contributed by atoms with Crippen molar-refractivity contribution in [3.8, 4) is 5.75 Å². The molecule has 1 aromatic heterocycles. The summed E-state index contributed by atoms with van der Waals surface area (Å²) in [5.74, 6) is 0.802. The fourth-order valence-electron chi connectivity index (χ4n) is 3.46. The normalized spacial score (nSPS) is 17.2. The molecule has 3 rings (SSSR count). The second-order valence-electron chi connectivity index (χ2n) is 6.58. The van der Waals surface area contributed by atoms with E-state index in [0.717, 1.165) is 0 Å². The summed E-state index contributed by atoms with van der Waals surface area (Å²) in [5, 5.41) is 10.4. The molecule has 6 nitrogen and oxygen atoms in total. The van der Waals surface area contributed by atoms with Gasteiger partial charge in [-0.25, -0.2) is 12.7 Å². The molecule has 0 bridgehead atoms. The Morgan fingerprint density at radius 3 is 2.44 bits per heavy atom. The number of benzene rings is 1. The van der Waals surface area contributed by atoms with Gasteiger partial charge in [-0.05, 0) is 45.7 Å². The standard InChI is InChI=1S/C18H23NO5S/c1-4-25(22,23)19-9-7-13(8-10-19)17-12(3)16(21)14-5-6-15(20)11(2)18(14)24-17/h5-6,13,20H,4,7-10H2,1-3H3. The molecule has 1 aliphatic heterocycles. The van der Waals surface area contributed by atoms with Crippen LogP contribution in [0.3, 0.4) is 0 Å². The highest BCUT2D eigenvalue weighted by Crippen LogP contribution is 2.34. The van der Waals surface area contributed by atoms with Gasteiger partial charge in [-0.3, -0.25) is 4.79 Å². The molecule has 25 heavy (non-hydrogen) atoms. The molecular weight excluding hydrogens is 342 g/mol. The number of fused-ring (bicyclic) bond motifs is 1. The minimum absolute atomic E-state index is 0.00200. The lowest BCUT2D eigenvalue weighted by Crippen LogP contribution is -2.39. The van der Waals surface area contributed by atoms with Gasteiger partial charge in [-0.15, -0.1) is 0 Å². The minimum atomic E-state index is -3.18. The Morgan fingerprint density at radius 1 is 1.20 bits per heavy atom. The molecule has 2 heterocycles. The summed E-state index contributed by atoms with van der Waals surface area (Å²) in [6.45, 7) is 5.97. The molecule has 0 spiro atoms. The number of piperidine rings is 1. The van der Waals surface area contributed by atoms with Crippen molar-refractivity contribution in [2.45, 2.75) is 39.5 Å². The Kier molecular flexibility index (Phi) is 4.64. The summed E-state index contributed by atoms with van der Waals surface area (Å²) in [6, 6.07) is 3.08. The highest BCUT2D eigenvalue weighted by molar-refractivity contribution is 7.89. The van der Waals surface area contributed by atoms with Crippen molar-refractivity contribution in [2.24, 2.45) is 0 Å². The average molecular weight is 365 g/mol. The molecule has 0 aliphatic carbocycles. The van der Waals surface area contributed by atoms with Crippen LogP contribution in [-0.2, 0) is 10.0 Å². The quantitative estimate of drug-likeness (QED) is 0.903. The van der Waals surface area contributed by atoms with E-state index in [9.17, 15) is 18.3 Å². The first-order chi connectivity index (χ1) is 11.8. The summed E-state index contributed by atoms with van der Waals surface area (Å²) in [4.78, 5) is 12.7. The summed E-state index contributed by atoms with van der Waals surface area (Å²) >= 11 is 0. The SMILES string of the molecule is CCS(=O)(=O)N1CCC(c2oc3c(C)c(O)ccc3c(=O)c2C)CC1. The van der Waals surface area contributed by atoms with Gasteiger partial charge in [0.15, 0.2) is 5.43 Å². The van der Waals surface area contributed by atoms with Crippen LogP contribution in [0.2, 0.25) is 0 Å². The van der Waals surface area contributed by atoms with Gasteiger partial charge in [0.2, 0.25) is 10.0 Å². The van der Waals surface area contributed by atoms with Gasteiger partial charge in [-0.2, -0.15) is 0 Å². The van der Waals surface area contributed by atoms with Gasteiger partial charge in [-0.1, -0.05) is 0 Å². The molecule has 0 unspecified atom stereocenters. The van der Waals surface area contributed by atoms with E-state index in [1.54, 1.807) is 26.8 Å². The van der Waals surface area contributed by atoms with Crippen molar-refractivity contribution in [3.63, 3.8) is 0 Å². The predicted molar refractivity (Wildman–Crippen MR) is 96.6 cm³/mol. The molecule has 0 atom stereocenters. The van der Waals surface area contributed by atoms with Crippen LogP contribution >= 0.6 is 0 Å². The maximum Gasteiger partial charge on any atom is 0.213 e. The Hall–Kier alpha value is -1.86. The molecule has 136 valence electrons. The highest BCUT2D eigenvalue weighted by Gasteiger charge is 2.30. The number of aromatic hydroxyl groups is 1. The van der Waals surface area contributed by atoms with Crippen molar-refractivity contribution >= 4 is 21.0 Å². The maximum atomic E-state index is 12.7. The van der Waals surface area contributed by atoms with Gasteiger partial charge in [0, 0.05) is 30.1 Å². The number of sulfonamides is 1. The van der Waals surface area contributed by atoms with Gasteiger partial charge in [0.25, 0.3) is 0 Å². The van der Waals surface area contributed by atoms with E-state index in [2.05, 4.69) is 0 Å². The fourth-order valence-corrected chi connectivity index (χ4v) is 4.59. The smallest absolute Gasteiger partial charge is 0.213 e. The molecule has 1 aliphatic rings. The number of aryl methyl sites for hydroxylation is 1. The van der Waals surface area contributed by atoms with Crippen LogP contribution in [0.4, 0.5) is 0 Å². The zero-order valence-electron chi connectivity index (χ0n) is 14.7. The molecule has 1 fully saturated rings. The van der Waals surface area contributed by atoms with Crippen molar-refractivity contribution < 1.29 is 17.9 Å². The molecular formula is C18H23NO5S. The van der Waals surface area contributed by atoms with Crippen LogP contribution in [0, 0.1) is 13.8 Å². The largest absolute Gasteiger partial charge is 0.508 e. The van der Waals surface area contributed by atoms with Crippen molar-refractivity contribution in [1.82, 2.24) is 4.31 Å². The number of rotatable bonds is 3. The van der Waals surface area contributed by atoms with Gasteiger partial charge >= 0.3 is 0 Å². The van der Waals surface area contributed by atoms with E-state index in [1.807, 2.05) is 0 Å². The van der Waals surface area contributed by atoms with Crippen molar-refractivity contribution in [3.05, 3.63) is 39.2 Å². The van der Waals surface area contributed by atoms with E-state index in [-0.39, 0.29) is 22.8 Å². The van der Waals surface area contributed by atoms with E-state index < -0.39 is 10.0 Å². The van der Waals surface area contributed by atoms with Crippen molar-refractivity contribution in [2.75, 3.05) is 18.8 Å². The fraction of sp³-hybridized carbons (Fsp3) is 0.500. The van der Waals surface area contributed by atoms with Gasteiger partial charge in [0.1, 0.15) is 17.1 Å². The molecule has 2 aromatic rings. The second kappa shape index (κ2) is 6.46. The van der Waals surface area contributed by atoms with Gasteiger partial charge < -0.3 is 9.52 Å². The number of hydrogen-bond acceptors (Lipinski definition) is 5. The van der Waals surface area contributed by atoms with Gasteiger partial charge in [0.05, 0.1) is 11.1 Å². The Bertz CT molecular complexity index is 969. The summed E-state index contributed by atoms with van der Waals surface area (Å²) in [5.41, 5.74) is 1.42. The zero-order valence-corrected chi connectivity index (χ0v) is 15.5. The van der Waals surface area contributed by atoms with E-state index in [4.69, 9.17) is 4.42 Å². The first-order valence-corrected chi connectivity index (χ1v) is 10.1. The summed E-state index contributed by atoms with van der Waals surface area (Å²) in [7, 11) is -3.18. The highest BCUT2D eigenvalue weighted by atomic mass is 32.2. The van der Waals surface area contributed by atoms with Crippen molar-refractivity contribution in [1.29, 1.82) is 0 Å². The molecule has 1 aromatic carbocycles. The van der Waals surface area contributed by atoms with Crippen LogP contribution in [0.15, 0.2) is 21.3 Å². The second-order valence-corrected chi connectivity index (χ2v) is 8.84. The lowest BCUT2D eigenvalue weighted by Gasteiger charge is -2.31. The van der Waals surface area contributed by atoms with Crippen LogP contribution in [0.25, 0.3) is 11.0 Å². The van der Waals surface area contributed by atoms with Crippen LogP contribution in [0.5, 0.6) is 5.75 Å². The zero-order chi connectivity index (χ0) is 18.4. The van der Waals surface area contributed by atoms with E-state index in [0.29, 0.717) is 53.8 Å². The van der Waals surface area contributed by atoms with Crippen LogP contribution in [-0.4, -0.2) is 36.7 Å². The first kappa shape index (κ1) is 17.9. The topological polar surface area (TPSA) is 87.8 Å². The predicted octanol–water partition coefficient (Wildman–Crippen LogP) is 2.64. The number of phenolic OH excluding ortho intramolecular Hbond substituents is 1. The van der Waals surface area contributed by atoms with E-state index >= 15 is 0 Å². The number of hydrogen-bond donors (Lipinski definition) is 1. The number of nitrogens with zero attached hydrogens (tertiary/aromatic N) is 1. The molecule has 0 amide bonds. The summed E-state index contributed by atoms with van der Waals surface area (Å²) in [6.07, 6.45) is 1.23. The molecule has 1 N–H and O–H groups in total. The maximum absolute atomic E-state index is 12.7. The Balaban J connectivity index is 1.99.